The van der Waals surface area contributed by atoms with Gasteiger partial charge in [0, 0.05) is 15.9 Å². The van der Waals surface area contributed by atoms with Gasteiger partial charge in [0.2, 0.25) is 0 Å². The first kappa shape index (κ1) is 14.0. The summed E-state index contributed by atoms with van der Waals surface area (Å²) in [6, 6.07) is 1.96. The number of nitrogens with one attached hydrogen (secondary N) is 2. The lowest BCUT2D eigenvalue weighted by Gasteiger charge is -2.05. The van der Waals surface area contributed by atoms with E-state index in [0.29, 0.717) is 18.1 Å². The Balaban J connectivity index is 1.94. The molecule has 2 heterocycles. The standard InChI is InChI=1S/C12H13BrN4OS/c1-2-14-11-7-15-9(5-16-11)12(18)17-6-10-8(13)3-4-19-10/h3-5,7H,2,6H2,1H3,(H,14,16)(H,17,18). The number of aromatic nitrogens is 2. The van der Waals surface area contributed by atoms with Gasteiger partial charge in [-0.25, -0.2) is 9.97 Å². The van der Waals surface area contributed by atoms with E-state index in [1.54, 1.807) is 17.5 Å². The molecule has 0 aromatic carbocycles. The van der Waals surface area contributed by atoms with Gasteiger partial charge in [0.25, 0.3) is 5.91 Å². The predicted octanol–water partition coefficient (Wildman–Crippen LogP) is 2.66. The van der Waals surface area contributed by atoms with Crippen LogP contribution >= 0.6 is 27.3 Å². The molecule has 1 amide bonds. The molecular formula is C12H13BrN4OS. The van der Waals surface area contributed by atoms with Crippen molar-refractivity contribution in [1.82, 2.24) is 15.3 Å². The van der Waals surface area contributed by atoms with Crippen LogP contribution in [0.25, 0.3) is 0 Å². The lowest BCUT2D eigenvalue weighted by Crippen LogP contribution is -2.23. The SMILES string of the molecule is CCNc1cnc(C(=O)NCc2sccc2Br)cn1. The highest BCUT2D eigenvalue weighted by atomic mass is 79.9. The second-order valence-corrected chi connectivity index (χ2v) is 5.55. The highest BCUT2D eigenvalue weighted by molar-refractivity contribution is 9.10. The Morgan fingerprint density at radius 3 is 2.84 bits per heavy atom. The molecule has 2 rings (SSSR count). The molecule has 0 spiro atoms. The number of amides is 1. The molecule has 0 radical (unpaired) electrons. The Labute approximate surface area is 123 Å². The Bertz CT molecular complexity index is 555. The van der Waals surface area contributed by atoms with Crippen molar-refractivity contribution in [3.05, 3.63) is 38.9 Å². The van der Waals surface area contributed by atoms with Crippen LogP contribution in [0.1, 0.15) is 22.3 Å². The van der Waals surface area contributed by atoms with Gasteiger partial charge in [-0.1, -0.05) is 0 Å². The van der Waals surface area contributed by atoms with E-state index in [2.05, 4.69) is 36.5 Å². The maximum atomic E-state index is 11.9. The number of carbonyl (C=O) groups is 1. The Morgan fingerprint density at radius 1 is 1.42 bits per heavy atom. The molecule has 5 nitrogen and oxygen atoms in total. The zero-order valence-corrected chi connectivity index (χ0v) is 12.7. The zero-order chi connectivity index (χ0) is 13.7. The van der Waals surface area contributed by atoms with Crippen molar-refractivity contribution in [1.29, 1.82) is 0 Å². The molecule has 0 aliphatic carbocycles. The Morgan fingerprint density at radius 2 is 2.26 bits per heavy atom. The first-order valence-corrected chi connectivity index (χ1v) is 7.44. The van der Waals surface area contributed by atoms with Crippen LogP contribution < -0.4 is 10.6 Å². The van der Waals surface area contributed by atoms with Gasteiger partial charge in [-0.15, -0.1) is 11.3 Å². The van der Waals surface area contributed by atoms with Crippen LogP contribution in [0.15, 0.2) is 28.3 Å². The van der Waals surface area contributed by atoms with Crippen LogP contribution in [-0.2, 0) is 6.54 Å². The summed E-state index contributed by atoms with van der Waals surface area (Å²) in [5.41, 5.74) is 0.314. The van der Waals surface area contributed by atoms with Crippen molar-refractivity contribution >= 4 is 39.0 Å². The van der Waals surface area contributed by atoms with E-state index < -0.39 is 0 Å². The maximum absolute atomic E-state index is 11.9. The van der Waals surface area contributed by atoms with Crippen LogP contribution in [0.5, 0.6) is 0 Å². The molecule has 0 unspecified atom stereocenters. The minimum absolute atomic E-state index is 0.226. The van der Waals surface area contributed by atoms with Gasteiger partial charge in [-0.05, 0) is 34.3 Å². The molecule has 19 heavy (non-hydrogen) atoms. The largest absolute Gasteiger partial charge is 0.369 e. The van der Waals surface area contributed by atoms with Crippen molar-refractivity contribution in [3.8, 4) is 0 Å². The van der Waals surface area contributed by atoms with Gasteiger partial charge in [-0.3, -0.25) is 4.79 Å². The fraction of sp³-hybridized carbons (Fsp3) is 0.250. The number of hydrogen-bond donors (Lipinski definition) is 2. The number of rotatable bonds is 5. The van der Waals surface area contributed by atoms with Gasteiger partial charge in [0.1, 0.15) is 11.5 Å². The molecule has 100 valence electrons. The smallest absolute Gasteiger partial charge is 0.271 e. The fourth-order valence-corrected chi connectivity index (χ4v) is 2.85. The van der Waals surface area contributed by atoms with E-state index in [-0.39, 0.29) is 5.91 Å². The number of halogens is 1. The van der Waals surface area contributed by atoms with Crippen LogP contribution in [0.4, 0.5) is 5.82 Å². The Kier molecular flexibility index (Phi) is 4.86. The minimum atomic E-state index is -0.226. The molecule has 0 aliphatic heterocycles. The van der Waals surface area contributed by atoms with E-state index in [9.17, 15) is 4.79 Å². The average molecular weight is 341 g/mol. The summed E-state index contributed by atoms with van der Waals surface area (Å²) in [4.78, 5) is 21.1. The summed E-state index contributed by atoms with van der Waals surface area (Å²) < 4.78 is 1.01. The van der Waals surface area contributed by atoms with Crippen molar-refractivity contribution in [2.24, 2.45) is 0 Å². The third-order valence-electron chi connectivity index (χ3n) is 2.34. The molecule has 2 aromatic heterocycles. The van der Waals surface area contributed by atoms with E-state index in [4.69, 9.17) is 0 Å². The second-order valence-electron chi connectivity index (χ2n) is 3.69. The van der Waals surface area contributed by atoms with Crippen LogP contribution in [0.2, 0.25) is 0 Å². The van der Waals surface area contributed by atoms with Crippen LogP contribution in [0.3, 0.4) is 0 Å². The first-order valence-electron chi connectivity index (χ1n) is 5.76. The molecule has 0 fully saturated rings. The molecule has 0 atom stereocenters. The molecule has 2 N–H and O–H groups in total. The topological polar surface area (TPSA) is 66.9 Å². The van der Waals surface area contributed by atoms with E-state index in [0.717, 1.165) is 15.9 Å². The molecule has 0 saturated heterocycles. The van der Waals surface area contributed by atoms with Gasteiger partial charge in [0.05, 0.1) is 18.9 Å². The summed E-state index contributed by atoms with van der Waals surface area (Å²) in [7, 11) is 0. The monoisotopic (exact) mass is 340 g/mol. The van der Waals surface area contributed by atoms with Crippen molar-refractivity contribution in [3.63, 3.8) is 0 Å². The number of thiophene rings is 1. The molecule has 2 aromatic rings. The average Bonchev–Trinajstić information content (AvgIpc) is 2.83. The number of carbonyl (C=O) groups excluding carboxylic acids is 1. The highest BCUT2D eigenvalue weighted by Crippen LogP contribution is 2.22. The van der Waals surface area contributed by atoms with Crippen molar-refractivity contribution in [2.75, 3.05) is 11.9 Å². The molecule has 0 saturated carbocycles. The second kappa shape index (κ2) is 6.63. The van der Waals surface area contributed by atoms with E-state index in [1.165, 1.54) is 6.20 Å². The van der Waals surface area contributed by atoms with Crippen LogP contribution in [0, 0.1) is 0 Å². The molecule has 7 heteroatoms. The zero-order valence-electron chi connectivity index (χ0n) is 10.3. The summed E-state index contributed by atoms with van der Waals surface area (Å²) in [5.74, 6) is 0.441. The van der Waals surface area contributed by atoms with E-state index >= 15 is 0 Å². The van der Waals surface area contributed by atoms with E-state index in [1.807, 2.05) is 18.4 Å². The number of anilines is 1. The summed E-state index contributed by atoms with van der Waals surface area (Å²) in [6.45, 7) is 3.22. The predicted molar refractivity (Wildman–Crippen MR) is 79.4 cm³/mol. The summed E-state index contributed by atoms with van der Waals surface area (Å²) in [5, 5.41) is 7.81. The molecule has 0 bridgehead atoms. The number of hydrogen-bond acceptors (Lipinski definition) is 5. The highest BCUT2D eigenvalue weighted by Gasteiger charge is 2.09. The lowest BCUT2D eigenvalue weighted by molar-refractivity contribution is 0.0946. The van der Waals surface area contributed by atoms with Gasteiger partial charge in [-0.2, -0.15) is 0 Å². The van der Waals surface area contributed by atoms with Gasteiger partial charge >= 0.3 is 0 Å². The lowest BCUT2D eigenvalue weighted by atomic mass is 10.4. The summed E-state index contributed by atoms with van der Waals surface area (Å²) >= 11 is 5.01. The maximum Gasteiger partial charge on any atom is 0.271 e. The quantitative estimate of drug-likeness (QED) is 0.877. The third kappa shape index (κ3) is 3.74. The van der Waals surface area contributed by atoms with Crippen molar-refractivity contribution in [2.45, 2.75) is 13.5 Å². The number of nitrogens with zero attached hydrogens (tertiary/aromatic N) is 2. The van der Waals surface area contributed by atoms with Crippen LogP contribution in [-0.4, -0.2) is 22.4 Å². The van der Waals surface area contributed by atoms with Gasteiger partial charge < -0.3 is 10.6 Å². The molecular weight excluding hydrogens is 328 g/mol. The third-order valence-corrected chi connectivity index (χ3v) is 4.27. The minimum Gasteiger partial charge on any atom is -0.369 e. The molecule has 0 aliphatic rings. The summed E-state index contributed by atoms with van der Waals surface area (Å²) in [6.07, 6.45) is 3.02. The normalized spacial score (nSPS) is 10.2. The van der Waals surface area contributed by atoms with Gasteiger partial charge in [0.15, 0.2) is 0 Å². The van der Waals surface area contributed by atoms with Crippen molar-refractivity contribution < 1.29 is 4.79 Å². The first-order chi connectivity index (χ1) is 9.20. The Hall–Kier alpha value is -1.47. The fourth-order valence-electron chi connectivity index (χ4n) is 1.42.